The quantitative estimate of drug-likeness (QED) is 0.364. The Labute approximate surface area is 160 Å². The zero-order valence-corrected chi connectivity index (χ0v) is 18.1. The smallest absolute Gasteiger partial charge is 0.377 e. The number of benzene rings is 2. The maximum absolute atomic E-state index is 6.16. The lowest BCUT2D eigenvalue weighted by atomic mass is 10.2. The summed E-state index contributed by atoms with van der Waals surface area (Å²) >= 11 is 6.95. The van der Waals surface area contributed by atoms with Crippen molar-refractivity contribution in [2.75, 3.05) is 0 Å². The lowest BCUT2D eigenvalue weighted by Crippen LogP contribution is -2.48. The summed E-state index contributed by atoms with van der Waals surface area (Å²) in [6, 6.07) is 16.2. The third kappa shape index (κ3) is 4.23. The molecule has 3 rings (SSSR count). The van der Waals surface area contributed by atoms with Crippen molar-refractivity contribution in [2.24, 2.45) is 0 Å². The van der Waals surface area contributed by atoms with Crippen molar-refractivity contribution < 1.29 is 9.10 Å². The Morgan fingerprint density at radius 1 is 0.875 bits per heavy atom. The molecular weight excluding hydrogens is 448 g/mol. The van der Waals surface area contributed by atoms with Crippen molar-refractivity contribution in [3.63, 3.8) is 0 Å². The van der Waals surface area contributed by atoms with Gasteiger partial charge in [0.25, 0.3) is 5.89 Å². The fraction of sp³-hybridized carbons (Fsp3) is 0.222. The summed E-state index contributed by atoms with van der Waals surface area (Å²) in [4.78, 5) is 0. The minimum Gasteiger partial charge on any atom is -0.377 e. The van der Waals surface area contributed by atoms with Crippen LogP contribution in [0.15, 0.2) is 61.9 Å². The maximum Gasteiger partial charge on any atom is 0.407 e. The third-order valence-electron chi connectivity index (χ3n) is 3.45. The summed E-state index contributed by atoms with van der Waals surface area (Å²) in [6.07, 6.45) is 0.915. The molecule has 0 radical (unpaired) electrons. The van der Waals surface area contributed by atoms with E-state index in [1.807, 2.05) is 41.1 Å². The first-order valence-electron chi connectivity index (χ1n) is 7.75. The Bertz CT molecular complexity index is 837. The molecule has 6 heteroatoms. The van der Waals surface area contributed by atoms with Crippen LogP contribution in [0.2, 0.25) is 19.6 Å². The molecule has 0 bridgehead atoms. The van der Waals surface area contributed by atoms with Crippen molar-refractivity contribution in [3.05, 3.63) is 57.5 Å². The molecule has 124 valence electrons. The molecule has 1 aromatic heterocycles. The summed E-state index contributed by atoms with van der Waals surface area (Å²) in [6.45, 7) is 7.00. The molecule has 0 N–H and O–H groups in total. The van der Waals surface area contributed by atoms with Crippen LogP contribution in [0.25, 0.3) is 22.9 Å². The first kappa shape index (κ1) is 17.6. The molecule has 3 aromatic rings. The second-order valence-electron chi connectivity index (χ2n) is 6.94. The van der Waals surface area contributed by atoms with Gasteiger partial charge >= 0.3 is 5.89 Å². The maximum atomic E-state index is 6.16. The monoisotopic (exact) mass is 465 g/mol. The Hall–Kier alpha value is -1.24. The van der Waals surface area contributed by atoms with E-state index in [1.54, 1.807) is 0 Å². The fourth-order valence-corrected chi connectivity index (χ4v) is 4.03. The van der Waals surface area contributed by atoms with Gasteiger partial charge in [-0.3, -0.25) is 0 Å². The zero-order valence-electron chi connectivity index (χ0n) is 13.9. The van der Waals surface area contributed by atoms with Crippen molar-refractivity contribution in [3.8, 4) is 22.9 Å². The largest absolute Gasteiger partial charge is 0.407 e. The van der Waals surface area contributed by atoms with Crippen LogP contribution in [-0.4, -0.2) is 13.2 Å². The van der Waals surface area contributed by atoms with E-state index in [0.717, 1.165) is 32.1 Å². The van der Waals surface area contributed by atoms with E-state index in [1.165, 1.54) is 0 Å². The average Bonchev–Trinajstić information content (AvgIpc) is 2.90. The SMILES string of the molecule is C[Si](C)(C)C[n+]1nc(-c2ccc(Br)cc2)oc1-c1ccc(Br)cc1. The predicted octanol–water partition coefficient (Wildman–Crippen LogP) is 5.70. The molecule has 0 saturated carbocycles. The van der Waals surface area contributed by atoms with Crippen LogP contribution in [-0.2, 0) is 6.17 Å². The van der Waals surface area contributed by atoms with Gasteiger partial charge in [-0.05, 0) is 48.5 Å². The van der Waals surface area contributed by atoms with Crippen molar-refractivity contribution in [2.45, 2.75) is 25.8 Å². The van der Waals surface area contributed by atoms with E-state index in [2.05, 4.69) is 63.6 Å². The minimum absolute atomic E-state index is 0.652. The lowest BCUT2D eigenvalue weighted by molar-refractivity contribution is -0.728. The van der Waals surface area contributed by atoms with E-state index in [0.29, 0.717) is 5.89 Å². The van der Waals surface area contributed by atoms with Crippen LogP contribution in [0.3, 0.4) is 0 Å². The fourth-order valence-electron chi connectivity index (χ4n) is 2.39. The van der Waals surface area contributed by atoms with Crippen molar-refractivity contribution >= 4 is 39.9 Å². The van der Waals surface area contributed by atoms with E-state index in [4.69, 9.17) is 9.52 Å². The van der Waals surface area contributed by atoms with E-state index in [9.17, 15) is 0 Å². The van der Waals surface area contributed by atoms with E-state index >= 15 is 0 Å². The summed E-state index contributed by atoms with van der Waals surface area (Å²) in [5.41, 5.74) is 2.01. The highest BCUT2D eigenvalue weighted by Gasteiger charge is 2.30. The summed E-state index contributed by atoms with van der Waals surface area (Å²) < 4.78 is 10.3. The first-order chi connectivity index (χ1) is 11.3. The van der Waals surface area contributed by atoms with Crippen LogP contribution in [0, 0.1) is 0 Å². The van der Waals surface area contributed by atoms with Gasteiger partial charge in [0.05, 0.1) is 5.56 Å². The van der Waals surface area contributed by atoms with Crippen molar-refractivity contribution in [1.82, 2.24) is 5.10 Å². The highest BCUT2D eigenvalue weighted by molar-refractivity contribution is 9.10. The van der Waals surface area contributed by atoms with Crippen LogP contribution in [0.4, 0.5) is 0 Å². The lowest BCUT2D eigenvalue weighted by Gasteiger charge is -2.08. The highest BCUT2D eigenvalue weighted by Crippen LogP contribution is 2.25. The predicted molar refractivity (Wildman–Crippen MR) is 106 cm³/mol. The van der Waals surface area contributed by atoms with Crippen molar-refractivity contribution in [1.29, 1.82) is 0 Å². The van der Waals surface area contributed by atoms with Gasteiger partial charge in [-0.15, -0.1) is 0 Å². The van der Waals surface area contributed by atoms with Gasteiger partial charge < -0.3 is 4.42 Å². The highest BCUT2D eigenvalue weighted by atomic mass is 79.9. The second-order valence-corrected chi connectivity index (χ2v) is 14.2. The Morgan fingerprint density at radius 3 is 1.88 bits per heavy atom. The number of rotatable bonds is 4. The minimum atomic E-state index is -1.35. The number of hydrogen-bond acceptors (Lipinski definition) is 2. The van der Waals surface area contributed by atoms with Crippen LogP contribution in [0.5, 0.6) is 0 Å². The standard InChI is InChI=1S/C18H19Br2N2OSi/c1-24(2,3)12-22-18(14-6-10-16(20)11-7-14)23-17(21-22)13-4-8-15(19)9-5-13/h4-11H,12H2,1-3H3/q+1. The first-order valence-corrected chi connectivity index (χ1v) is 13.0. The molecule has 2 aromatic carbocycles. The topological polar surface area (TPSA) is 29.9 Å². The molecule has 0 unspecified atom stereocenters. The molecule has 0 aliphatic rings. The van der Waals surface area contributed by atoms with Gasteiger partial charge in [0.1, 0.15) is 8.07 Å². The third-order valence-corrected chi connectivity index (χ3v) is 5.75. The molecule has 3 nitrogen and oxygen atoms in total. The van der Waals surface area contributed by atoms with Gasteiger partial charge in [0, 0.05) is 19.6 Å². The van der Waals surface area contributed by atoms with Gasteiger partial charge in [-0.2, -0.15) is 0 Å². The van der Waals surface area contributed by atoms with Gasteiger partial charge in [0.2, 0.25) is 0 Å². The molecule has 0 fully saturated rings. The van der Waals surface area contributed by atoms with Gasteiger partial charge in [0.15, 0.2) is 6.17 Å². The number of hydrogen-bond donors (Lipinski definition) is 0. The Kier molecular flexibility index (Phi) is 5.08. The average molecular weight is 467 g/mol. The summed E-state index contributed by atoms with van der Waals surface area (Å²) in [5.74, 6) is 1.46. The summed E-state index contributed by atoms with van der Waals surface area (Å²) in [5, 5.41) is 4.75. The molecule has 24 heavy (non-hydrogen) atoms. The molecule has 0 spiro atoms. The molecule has 1 heterocycles. The molecule has 0 amide bonds. The molecule has 0 atom stereocenters. The van der Waals surface area contributed by atoms with Gasteiger partial charge in [-0.25, -0.2) is 0 Å². The number of nitrogens with zero attached hydrogens (tertiary/aromatic N) is 2. The Morgan fingerprint density at radius 2 is 1.38 bits per heavy atom. The molecular formula is C18H19Br2N2OSi+. The molecule has 0 aliphatic heterocycles. The van der Waals surface area contributed by atoms with E-state index in [-0.39, 0.29) is 0 Å². The van der Waals surface area contributed by atoms with Crippen LogP contribution < -0.4 is 4.68 Å². The zero-order chi connectivity index (χ0) is 17.3. The van der Waals surface area contributed by atoms with E-state index < -0.39 is 8.07 Å². The molecule has 0 aliphatic carbocycles. The number of aromatic nitrogens is 2. The van der Waals surface area contributed by atoms with Gasteiger partial charge in [-0.1, -0.05) is 56.2 Å². The van der Waals surface area contributed by atoms with Crippen LogP contribution in [0.1, 0.15) is 0 Å². The number of halogens is 2. The summed E-state index contributed by atoms with van der Waals surface area (Å²) in [7, 11) is -1.35. The molecule has 0 saturated heterocycles. The normalized spacial score (nSPS) is 11.7. The second kappa shape index (κ2) is 6.94. The Balaban J connectivity index is 2.08. The van der Waals surface area contributed by atoms with Crippen LogP contribution >= 0.6 is 31.9 Å².